The number of benzene rings is 3. The summed E-state index contributed by atoms with van der Waals surface area (Å²) in [7, 11) is -2.25. The number of aryl methyl sites for hydroxylation is 2. The first-order valence-corrected chi connectivity index (χ1v) is 12.9. The van der Waals surface area contributed by atoms with Gasteiger partial charge in [0.1, 0.15) is 29.4 Å². The van der Waals surface area contributed by atoms with Gasteiger partial charge in [0, 0.05) is 29.4 Å². The molecule has 8 nitrogen and oxygen atoms in total. The first kappa shape index (κ1) is 24.2. The molecular formula is C28H24N4O4S. The molecule has 0 radical (unpaired) electrons. The Hall–Kier alpha value is -4.50. The number of ether oxygens (including phenoxy) is 2. The smallest absolute Gasteiger partial charge is 0.263 e. The van der Waals surface area contributed by atoms with Crippen molar-refractivity contribution < 1.29 is 17.9 Å². The highest BCUT2D eigenvalue weighted by molar-refractivity contribution is 7.92. The predicted molar refractivity (Wildman–Crippen MR) is 143 cm³/mol. The molecule has 3 aromatic carbocycles. The Morgan fingerprint density at radius 3 is 2.35 bits per heavy atom. The van der Waals surface area contributed by atoms with Crippen LogP contribution in [0.15, 0.2) is 90.3 Å². The van der Waals surface area contributed by atoms with E-state index in [1.54, 1.807) is 37.6 Å². The molecule has 0 spiro atoms. The van der Waals surface area contributed by atoms with Gasteiger partial charge in [0.2, 0.25) is 0 Å². The number of aromatic nitrogens is 3. The van der Waals surface area contributed by atoms with E-state index in [1.807, 2.05) is 44.2 Å². The van der Waals surface area contributed by atoms with Crippen LogP contribution in [0.1, 0.15) is 11.1 Å². The van der Waals surface area contributed by atoms with E-state index in [1.165, 1.54) is 18.6 Å². The van der Waals surface area contributed by atoms with E-state index in [4.69, 9.17) is 9.47 Å². The minimum Gasteiger partial charge on any atom is -0.496 e. The standard InChI is InChI=1S/C28H24N4O4S/c1-18-12-19(2)14-22(13-18)36-21-4-6-25(26(16-21)35-3)28-24-7-5-23(15-20(24)8-11-30-28)37(33,34)32-27-9-10-29-17-31-27/h4-17H,1-3H3,(H,29,31,32). The number of methoxy groups -OCH3 is 1. The van der Waals surface area contributed by atoms with Crippen molar-refractivity contribution in [2.75, 3.05) is 11.8 Å². The lowest BCUT2D eigenvalue weighted by atomic mass is 10.0. The molecule has 2 heterocycles. The number of sulfonamides is 1. The third-order valence-electron chi connectivity index (χ3n) is 5.73. The second-order valence-corrected chi connectivity index (χ2v) is 10.2. The number of anilines is 1. The molecule has 5 aromatic rings. The van der Waals surface area contributed by atoms with Crippen LogP contribution in [0.25, 0.3) is 22.0 Å². The first-order chi connectivity index (χ1) is 17.8. The van der Waals surface area contributed by atoms with Crippen molar-refractivity contribution in [2.45, 2.75) is 18.7 Å². The van der Waals surface area contributed by atoms with Crippen LogP contribution in [0.4, 0.5) is 5.82 Å². The summed E-state index contributed by atoms with van der Waals surface area (Å²) in [6, 6.07) is 19.8. The van der Waals surface area contributed by atoms with Crippen molar-refractivity contribution in [1.29, 1.82) is 0 Å². The Morgan fingerprint density at radius 2 is 1.62 bits per heavy atom. The summed E-state index contributed by atoms with van der Waals surface area (Å²) in [6.45, 7) is 4.05. The fraction of sp³-hybridized carbons (Fsp3) is 0.107. The van der Waals surface area contributed by atoms with Gasteiger partial charge < -0.3 is 9.47 Å². The Balaban J connectivity index is 1.49. The van der Waals surface area contributed by atoms with E-state index in [9.17, 15) is 8.42 Å². The molecule has 0 aliphatic carbocycles. The molecule has 37 heavy (non-hydrogen) atoms. The molecule has 2 aromatic heterocycles. The Kier molecular flexibility index (Phi) is 6.45. The van der Waals surface area contributed by atoms with E-state index < -0.39 is 10.0 Å². The van der Waals surface area contributed by atoms with Gasteiger partial charge in [0.25, 0.3) is 10.0 Å². The zero-order valence-corrected chi connectivity index (χ0v) is 21.3. The molecule has 0 atom stereocenters. The van der Waals surface area contributed by atoms with E-state index in [0.29, 0.717) is 22.6 Å². The van der Waals surface area contributed by atoms with Crippen LogP contribution < -0.4 is 14.2 Å². The number of nitrogens with zero attached hydrogens (tertiary/aromatic N) is 3. The number of rotatable bonds is 7. The Morgan fingerprint density at radius 1 is 0.811 bits per heavy atom. The van der Waals surface area contributed by atoms with E-state index >= 15 is 0 Å². The van der Waals surface area contributed by atoms with Crippen LogP contribution in [0.3, 0.4) is 0 Å². The van der Waals surface area contributed by atoms with Crippen molar-refractivity contribution in [3.63, 3.8) is 0 Å². The number of hydrogen-bond acceptors (Lipinski definition) is 7. The maximum atomic E-state index is 12.9. The highest BCUT2D eigenvalue weighted by Crippen LogP contribution is 2.37. The third-order valence-corrected chi connectivity index (χ3v) is 7.08. The van der Waals surface area contributed by atoms with Crippen molar-refractivity contribution in [2.24, 2.45) is 0 Å². The second kappa shape index (κ2) is 9.87. The molecule has 9 heteroatoms. The Bertz CT molecular complexity index is 1690. The molecule has 5 rings (SSSR count). The fourth-order valence-corrected chi connectivity index (χ4v) is 5.19. The molecule has 0 saturated carbocycles. The Labute approximate surface area is 215 Å². The molecule has 186 valence electrons. The minimum atomic E-state index is -3.84. The predicted octanol–water partition coefficient (Wildman–Crippen LogP) is 5.91. The molecular weight excluding hydrogens is 488 g/mol. The van der Waals surface area contributed by atoms with Crippen LogP contribution in [0.5, 0.6) is 17.2 Å². The summed E-state index contributed by atoms with van der Waals surface area (Å²) in [6.07, 6.45) is 4.39. The average molecular weight is 513 g/mol. The average Bonchev–Trinajstić information content (AvgIpc) is 2.88. The van der Waals surface area contributed by atoms with Crippen molar-refractivity contribution in [1.82, 2.24) is 15.0 Å². The highest BCUT2D eigenvalue weighted by atomic mass is 32.2. The summed E-state index contributed by atoms with van der Waals surface area (Å²) in [5.74, 6) is 2.16. The molecule has 0 bridgehead atoms. The summed E-state index contributed by atoms with van der Waals surface area (Å²) in [5.41, 5.74) is 3.66. The largest absolute Gasteiger partial charge is 0.496 e. The number of fused-ring (bicyclic) bond motifs is 1. The SMILES string of the molecule is COc1cc(Oc2cc(C)cc(C)c2)ccc1-c1nccc2cc(S(=O)(=O)Nc3ccncn3)ccc12. The molecule has 0 fully saturated rings. The van der Waals surface area contributed by atoms with Crippen LogP contribution >= 0.6 is 0 Å². The van der Waals surface area contributed by atoms with Crippen LogP contribution in [-0.2, 0) is 10.0 Å². The van der Waals surface area contributed by atoms with Gasteiger partial charge in [0.05, 0.1) is 17.7 Å². The van der Waals surface area contributed by atoms with Gasteiger partial charge in [-0.2, -0.15) is 0 Å². The van der Waals surface area contributed by atoms with Crippen LogP contribution in [0, 0.1) is 13.8 Å². The molecule has 0 aliphatic rings. The van der Waals surface area contributed by atoms with Crippen molar-refractivity contribution in [3.8, 4) is 28.5 Å². The maximum absolute atomic E-state index is 12.9. The van der Waals surface area contributed by atoms with Gasteiger partial charge >= 0.3 is 0 Å². The van der Waals surface area contributed by atoms with Gasteiger partial charge in [-0.1, -0.05) is 12.1 Å². The van der Waals surface area contributed by atoms with E-state index in [0.717, 1.165) is 27.8 Å². The first-order valence-electron chi connectivity index (χ1n) is 11.4. The lowest BCUT2D eigenvalue weighted by Gasteiger charge is -2.14. The van der Waals surface area contributed by atoms with Crippen molar-refractivity contribution in [3.05, 3.63) is 96.6 Å². The normalized spacial score (nSPS) is 11.3. The maximum Gasteiger partial charge on any atom is 0.263 e. The van der Waals surface area contributed by atoms with Crippen molar-refractivity contribution >= 4 is 26.6 Å². The zero-order valence-electron chi connectivity index (χ0n) is 20.5. The van der Waals surface area contributed by atoms with E-state index in [2.05, 4.69) is 25.7 Å². The summed E-state index contributed by atoms with van der Waals surface area (Å²) in [5, 5.41) is 1.50. The second-order valence-electron chi connectivity index (χ2n) is 8.53. The molecule has 1 N–H and O–H groups in total. The lowest BCUT2D eigenvalue weighted by Crippen LogP contribution is -2.13. The number of nitrogens with one attached hydrogen (secondary N) is 1. The highest BCUT2D eigenvalue weighted by Gasteiger charge is 2.18. The molecule has 0 saturated heterocycles. The van der Waals surface area contributed by atoms with Gasteiger partial charge in [-0.05, 0) is 78.9 Å². The summed E-state index contributed by atoms with van der Waals surface area (Å²) < 4.78 is 40.0. The van der Waals surface area contributed by atoms with Gasteiger partial charge in [-0.3, -0.25) is 9.71 Å². The summed E-state index contributed by atoms with van der Waals surface area (Å²) in [4.78, 5) is 12.4. The van der Waals surface area contributed by atoms with E-state index in [-0.39, 0.29) is 10.7 Å². The number of pyridine rings is 1. The monoisotopic (exact) mass is 512 g/mol. The molecule has 0 aliphatic heterocycles. The molecule has 0 unspecified atom stereocenters. The fourth-order valence-electron chi connectivity index (χ4n) is 4.14. The van der Waals surface area contributed by atoms with Crippen LogP contribution in [-0.4, -0.2) is 30.5 Å². The molecule has 0 amide bonds. The van der Waals surface area contributed by atoms with Crippen LogP contribution in [0.2, 0.25) is 0 Å². The summed E-state index contributed by atoms with van der Waals surface area (Å²) >= 11 is 0. The quantitative estimate of drug-likeness (QED) is 0.289. The minimum absolute atomic E-state index is 0.111. The number of hydrogen-bond donors (Lipinski definition) is 1. The van der Waals surface area contributed by atoms with Gasteiger partial charge in [0.15, 0.2) is 0 Å². The third kappa shape index (κ3) is 5.22. The van der Waals surface area contributed by atoms with Gasteiger partial charge in [-0.25, -0.2) is 18.4 Å². The topological polar surface area (TPSA) is 103 Å². The zero-order chi connectivity index (χ0) is 26.0. The lowest BCUT2D eigenvalue weighted by molar-refractivity contribution is 0.410. The van der Waals surface area contributed by atoms with Gasteiger partial charge in [-0.15, -0.1) is 0 Å².